The molecule has 0 aromatic carbocycles. The molecule has 0 saturated heterocycles. The van der Waals surface area contributed by atoms with Gasteiger partial charge in [0.2, 0.25) is 0 Å². The summed E-state index contributed by atoms with van der Waals surface area (Å²) in [5.41, 5.74) is 0. The van der Waals surface area contributed by atoms with Gasteiger partial charge in [0.25, 0.3) is 0 Å². The second-order valence-corrected chi connectivity index (χ2v) is 7.65. The maximum atomic E-state index is 12.1. The van der Waals surface area contributed by atoms with Gasteiger partial charge in [0, 0.05) is 16.8 Å². The molecule has 3 heteroatoms. The van der Waals surface area contributed by atoms with Gasteiger partial charge in [-0.15, -0.1) is 0 Å². The third-order valence-electron chi connectivity index (χ3n) is 3.93. The fraction of sp³-hybridized carbons (Fsp3) is 0.650. The molecule has 2 atom stereocenters. The van der Waals surface area contributed by atoms with Gasteiger partial charge in [0.05, 0.1) is 0 Å². The summed E-state index contributed by atoms with van der Waals surface area (Å²) in [7, 11) is 0. The van der Waals surface area contributed by atoms with Gasteiger partial charge >= 0.3 is 5.97 Å². The fourth-order valence-corrected chi connectivity index (χ4v) is 3.41. The molecular weight excluding hydrogens is 399 g/mol. The summed E-state index contributed by atoms with van der Waals surface area (Å²) in [6.45, 7) is 2.22. The molecule has 0 fully saturated rings. The fourth-order valence-electron chi connectivity index (χ4n) is 2.53. The van der Waals surface area contributed by atoms with E-state index in [1.54, 1.807) is 0 Å². The van der Waals surface area contributed by atoms with Crippen LogP contribution >= 0.6 is 22.6 Å². The molecule has 0 aromatic heterocycles. The second kappa shape index (κ2) is 13.8. The number of rotatable bonds is 5. The van der Waals surface area contributed by atoms with Crippen LogP contribution in [0.3, 0.4) is 0 Å². The first kappa shape index (κ1) is 20.5. The topological polar surface area (TPSA) is 26.3 Å². The highest BCUT2D eigenvalue weighted by Crippen LogP contribution is 2.22. The molecule has 0 spiro atoms. The van der Waals surface area contributed by atoms with E-state index in [2.05, 4.69) is 66.0 Å². The van der Waals surface area contributed by atoms with E-state index >= 15 is 0 Å². The van der Waals surface area contributed by atoms with Crippen LogP contribution in [0.5, 0.6) is 0 Å². The van der Waals surface area contributed by atoms with Crippen LogP contribution in [0.4, 0.5) is 0 Å². The zero-order valence-electron chi connectivity index (χ0n) is 14.4. The Kier molecular flexibility index (Phi) is 12.3. The lowest BCUT2D eigenvalue weighted by Crippen LogP contribution is -2.27. The van der Waals surface area contributed by atoms with E-state index in [-0.39, 0.29) is 12.1 Å². The molecule has 2 nitrogen and oxygen atoms in total. The maximum Gasteiger partial charge on any atom is 0.306 e. The van der Waals surface area contributed by atoms with Crippen LogP contribution in [0, 0.1) is 0 Å². The van der Waals surface area contributed by atoms with Crippen molar-refractivity contribution in [1.29, 1.82) is 0 Å². The van der Waals surface area contributed by atoms with Crippen LogP contribution in [-0.4, -0.2) is 16.0 Å². The molecule has 2 unspecified atom stereocenters. The van der Waals surface area contributed by atoms with Gasteiger partial charge in [-0.25, -0.2) is 0 Å². The average molecular weight is 430 g/mol. The monoisotopic (exact) mass is 430 g/mol. The van der Waals surface area contributed by atoms with Crippen LogP contribution in [0.2, 0.25) is 0 Å². The zero-order chi connectivity index (χ0) is 16.8. The first-order valence-electron chi connectivity index (χ1n) is 9.02. The predicted molar refractivity (Wildman–Crippen MR) is 107 cm³/mol. The number of carbonyl (C=O) groups is 1. The number of esters is 1. The molecule has 1 rings (SSSR count). The molecular formula is C20H31IO2. The van der Waals surface area contributed by atoms with Crippen LogP contribution in [-0.2, 0) is 9.53 Å². The van der Waals surface area contributed by atoms with E-state index in [9.17, 15) is 4.79 Å². The summed E-state index contributed by atoms with van der Waals surface area (Å²) in [6, 6.07) is 0. The number of hydrogen-bond donors (Lipinski definition) is 0. The van der Waals surface area contributed by atoms with Gasteiger partial charge in [-0.1, -0.05) is 85.2 Å². The molecule has 0 radical (unpaired) electrons. The normalized spacial score (nSPS) is 26.3. The minimum absolute atomic E-state index is 0.0147. The lowest BCUT2D eigenvalue weighted by Gasteiger charge is -2.22. The molecule has 0 aliphatic carbocycles. The number of hydrogen-bond acceptors (Lipinski definition) is 2. The average Bonchev–Trinajstić information content (AvgIpc) is 2.55. The Balaban J connectivity index is 2.59. The molecule has 1 aliphatic heterocycles. The number of ether oxygens (including phenoxy) is 1. The number of carbonyl (C=O) groups excluding carboxylic acids is 1. The van der Waals surface area contributed by atoms with Crippen molar-refractivity contribution in [3.63, 3.8) is 0 Å². The van der Waals surface area contributed by atoms with Gasteiger partial charge in [-0.05, 0) is 32.1 Å². The summed E-state index contributed by atoms with van der Waals surface area (Å²) in [6.07, 6.45) is 23.0. The van der Waals surface area contributed by atoms with Crippen molar-refractivity contribution >= 4 is 28.6 Å². The van der Waals surface area contributed by atoms with Crippen molar-refractivity contribution < 1.29 is 9.53 Å². The first-order valence-corrected chi connectivity index (χ1v) is 10.3. The minimum Gasteiger partial charge on any atom is -0.461 e. The Morgan fingerprint density at radius 2 is 1.83 bits per heavy atom. The highest BCUT2D eigenvalue weighted by Gasteiger charge is 2.21. The molecule has 1 heterocycles. The van der Waals surface area contributed by atoms with Gasteiger partial charge in [-0.2, -0.15) is 0 Å². The Morgan fingerprint density at radius 3 is 2.57 bits per heavy atom. The van der Waals surface area contributed by atoms with Crippen molar-refractivity contribution in [2.45, 2.75) is 81.2 Å². The van der Waals surface area contributed by atoms with Crippen molar-refractivity contribution in [2.75, 3.05) is 0 Å². The zero-order valence-corrected chi connectivity index (χ0v) is 16.5. The Hall–Kier alpha value is -0.580. The standard InChI is InChI=1S/C20H31IO2/c1-2-3-12-15-18(21)19-16-13-10-8-6-4-5-7-9-11-14-17-20(22)23-19/h4,6-7,9-10,13,18-19H,2-3,5,8,11-12,14-17H2,1H3/b6-4-,9-7-,13-10-. The quantitative estimate of drug-likeness (QED) is 0.168. The van der Waals surface area contributed by atoms with E-state index in [4.69, 9.17) is 4.74 Å². The Labute approximate surface area is 155 Å². The van der Waals surface area contributed by atoms with Crippen LogP contribution in [0.25, 0.3) is 0 Å². The highest BCUT2D eigenvalue weighted by atomic mass is 127. The lowest BCUT2D eigenvalue weighted by molar-refractivity contribution is -0.148. The third-order valence-corrected chi connectivity index (χ3v) is 5.36. The molecule has 0 amide bonds. The van der Waals surface area contributed by atoms with Gasteiger partial charge in [0.1, 0.15) is 6.10 Å². The van der Waals surface area contributed by atoms with E-state index < -0.39 is 0 Å². The summed E-state index contributed by atoms with van der Waals surface area (Å²) in [5.74, 6) is -0.0399. The molecule has 130 valence electrons. The molecule has 0 bridgehead atoms. The van der Waals surface area contributed by atoms with Crippen molar-refractivity contribution in [1.82, 2.24) is 0 Å². The van der Waals surface area contributed by atoms with Crippen LogP contribution < -0.4 is 0 Å². The predicted octanol–water partition coefficient (Wildman–Crippen LogP) is 6.30. The lowest BCUT2D eigenvalue weighted by atomic mass is 10.1. The van der Waals surface area contributed by atoms with Crippen molar-refractivity contribution in [3.05, 3.63) is 36.5 Å². The van der Waals surface area contributed by atoms with E-state index in [0.717, 1.165) is 38.5 Å². The second-order valence-electron chi connectivity index (χ2n) is 6.05. The Morgan fingerprint density at radius 1 is 1.13 bits per heavy atom. The van der Waals surface area contributed by atoms with Crippen LogP contribution in [0.15, 0.2) is 36.5 Å². The summed E-state index contributed by atoms with van der Waals surface area (Å²) >= 11 is 2.46. The van der Waals surface area contributed by atoms with E-state index in [0.29, 0.717) is 10.3 Å². The number of unbranched alkanes of at least 4 members (excludes halogenated alkanes) is 2. The SMILES string of the molecule is CCCCCC(I)C1C/C=C\C/C=C\C/C=C\CCCC(=O)O1. The molecule has 1 aliphatic rings. The highest BCUT2D eigenvalue weighted by molar-refractivity contribution is 14.1. The first-order chi connectivity index (χ1) is 11.2. The summed E-state index contributed by atoms with van der Waals surface area (Å²) in [4.78, 5) is 12.1. The van der Waals surface area contributed by atoms with E-state index in [1.807, 2.05) is 0 Å². The molecule has 0 N–H and O–H groups in total. The van der Waals surface area contributed by atoms with E-state index in [1.165, 1.54) is 19.3 Å². The number of allylic oxidation sites excluding steroid dienone is 5. The number of cyclic esters (lactones) is 1. The van der Waals surface area contributed by atoms with Gasteiger partial charge in [-0.3, -0.25) is 4.79 Å². The number of alkyl halides is 1. The molecule has 0 aromatic rings. The molecule has 23 heavy (non-hydrogen) atoms. The largest absolute Gasteiger partial charge is 0.461 e. The number of halogens is 1. The van der Waals surface area contributed by atoms with Gasteiger partial charge in [0.15, 0.2) is 0 Å². The molecule has 0 saturated carbocycles. The van der Waals surface area contributed by atoms with Crippen molar-refractivity contribution in [2.24, 2.45) is 0 Å². The Bertz CT molecular complexity index is 398. The summed E-state index contributed by atoms with van der Waals surface area (Å²) in [5, 5.41) is 0. The van der Waals surface area contributed by atoms with Gasteiger partial charge < -0.3 is 4.74 Å². The smallest absolute Gasteiger partial charge is 0.306 e. The minimum atomic E-state index is -0.0399. The van der Waals surface area contributed by atoms with Crippen molar-refractivity contribution in [3.8, 4) is 0 Å². The third kappa shape index (κ3) is 10.7. The summed E-state index contributed by atoms with van der Waals surface area (Å²) < 4.78 is 6.18. The van der Waals surface area contributed by atoms with Crippen LogP contribution in [0.1, 0.15) is 71.1 Å². The maximum absolute atomic E-state index is 12.1.